The number of hydrogen-bond donors (Lipinski definition) is 2. The van der Waals surface area contributed by atoms with Crippen molar-refractivity contribution >= 4 is 6.79 Å². The molecule has 1 fully saturated rings. The van der Waals surface area contributed by atoms with Crippen molar-refractivity contribution in [3.05, 3.63) is 0 Å². The fourth-order valence-electron chi connectivity index (χ4n) is 1.24. The standard InChI is InChI=1S/C7H15NO2.CH4O.CH2O/c1-2-3-7(6-8)9-4-5-10-7;2*1-2/h2-6,8H2,1H3;2H,1H3;1H2. The number of rotatable bonds is 3. The van der Waals surface area contributed by atoms with Gasteiger partial charge in [-0.3, -0.25) is 0 Å². The zero-order chi connectivity index (χ0) is 11.4. The van der Waals surface area contributed by atoms with Gasteiger partial charge in [-0.05, 0) is 0 Å². The Morgan fingerprint density at radius 1 is 1.36 bits per heavy atom. The van der Waals surface area contributed by atoms with Gasteiger partial charge in [-0.25, -0.2) is 0 Å². The number of hydrogen-bond acceptors (Lipinski definition) is 5. The maximum Gasteiger partial charge on any atom is 0.180 e. The molecule has 14 heavy (non-hydrogen) atoms. The van der Waals surface area contributed by atoms with Crippen LogP contribution in [0.15, 0.2) is 0 Å². The molecule has 0 radical (unpaired) electrons. The fraction of sp³-hybridized carbons (Fsp3) is 0.889. The highest BCUT2D eigenvalue weighted by Crippen LogP contribution is 2.22. The molecule has 0 amide bonds. The summed E-state index contributed by atoms with van der Waals surface area (Å²) in [5.41, 5.74) is 5.50. The third kappa shape index (κ3) is 5.29. The van der Waals surface area contributed by atoms with Crippen molar-refractivity contribution in [2.24, 2.45) is 5.73 Å². The van der Waals surface area contributed by atoms with Crippen molar-refractivity contribution in [1.29, 1.82) is 0 Å². The molecule has 0 aromatic rings. The summed E-state index contributed by atoms with van der Waals surface area (Å²) in [6.45, 7) is 5.96. The summed E-state index contributed by atoms with van der Waals surface area (Å²) in [6, 6.07) is 0. The lowest BCUT2D eigenvalue weighted by Gasteiger charge is -2.24. The average Bonchev–Trinajstić information content (AvgIpc) is 2.74. The Morgan fingerprint density at radius 3 is 2.07 bits per heavy atom. The molecule has 5 heteroatoms. The molecule has 1 aliphatic rings. The van der Waals surface area contributed by atoms with Gasteiger partial charge in [-0.2, -0.15) is 0 Å². The largest absolute Gasteiger partial charge is 0.400 e. The topological polar surface area (TPSA) is 81.8 Å². The smallest absolute Gasteiger partial charge is 0.180 e. The van der Waals surface area contributed by atoms with Gasteiger partial charge in [0, 0.05) is 20.1 Å². The van der Waals surface area contributed by atoms with Gasteiger partial charge in [-0.15, -0.1) is 0 Å². The molecule has 0 aromatic carbocycles. The Kier molecular flexibility index (Phi) is 12.1. The van der Waals surface area contributed by atoms with Crippen molar-refractivity contribution in [3.63, 3.8) is 0 Å². The third-order valence-corrected chi connectivity index (χ3v) is 1.76. The Labute approximate surface area is 85.2 Å². The Bertz CT molecular complexity index is 115. The molecule has 0 bridgehead atoms. The first-order valence-corrected chi connectivity index (χ1v) is 4.54. The second kappa shape index (κ2) is 10.6. The third-order valence-electron chi connectivity index (χ3n) is 1.76. The summed E-state index contributed by atoms with van der Waals surface area (Å²) in [7, 11) is 1.00. The minimum Gasteiger partial charge on any atom is -0.400 e. The minimum atomic E-state index is -0.436. The highest BCUT2D eigenvalue weighted by Gasteiger charge is 2.33. The molecule has 86 valence electrons. The maximum absolute atomic E-state index is 8.00. The molecule has 1 saturated heterocycles. The minimum absolute atomic E-state index is 0.436. The number of aliphatic hydroxyl groups excluding tert-OH is 1. The van der Waals surface area contributed by atoms with E-state index in [1.165, 1.54) is 0 Å². The predicted octanol–water partition coefficient (Wildman–Crippen LogP) is -0.0881. The van der Waals surface area contributed by atoms with Crippen molar-refractivity contribution in [3.8, 4) is 0 Å². The second-order valence-electron chi connectivity index (χ2n) is 2.56. The zero-order valence-electron chi connectivity index (χ0n) is 8.99. The molecule has 0 saturated carbocycles. The lowest BCUT2D eigenvalue weighted by Crippen LogP contribution is -2.38. The molecule has 3 N–H and O–H groups in total. The van der Waals surface area contributed by atoms with Gasteiger partial charge in [0.05, 0.1) is 13.2 Å². The Morgan fingerprint density at radius 2 is 1.79 bits per heavy atom. The number of nitrogens with two attached hydrogens (primary N) is 1. The summed E-state index contributed by atoms with van der Waals surface area (Å²) in [5, 5.41) is 7.00. The highest BCUT2D eigenvalue weighted by molar-refractivity contribution is 5.10. The van der Waals surface area contributed by atoms with Crippen molar-refractivity contribution < 1.29 is 19.4 Å². The summed E-state index contributed by atoms with van der Waals surface area (Å²) >= 11 is 0. The molecule has 0 atom stereocenters. The van der Waals surface area contributed by atoms with Crippen LogP contribution in [0.2, 0.25) is 0 Å². The van der Waals surface area contributed by atoms with Crippen LogP contribution in [0.5, 0.6) is 0 Å². The number of ether oxygens (including phenoxy) is 2. The van der Waals surface area contributed by atoms with Crippen LogP contribution in [0.25, 0.3) is 0 Å². The van der Waals surface area contributed by atoms with Crippen LogP contribution in [-0.2, 0) is 14.3 Å². The van der Waals surface area contributed by atoms with Crippen molar-refractivity contribution in [2.75, 3.05) is 26.9 Å². The zero-order valence-corrected chi connectivity index (χ0v) is 8.99. The van der Waals surface area contributed by atoms with E-state index < -0.39 is 5.79 Å². The molecule has 0 unspecified atom stereocenters. The van der Waals surface area contributed by atoms with Gasteiger partial charge < -0.3 is 25.1 Å². The average molecular weight is 207 g/mol. The van der Waals surface area contributed by atoms with Gasteiger partial charge in [-0.1, -0.05) is 13.3 Å². The van der Waals surface area contributed by atoms with E-state index in [1.54, 1.807) is 0 Å². The molecule has 1 heterocycles. The molecule has 0 aromatic heterocycles. The summed E-state index contributed by atoms with van der Waals surface area (Å²) in [5.74, 6) is -0.436. The fourth-order valence-corrected chi connectivity index (χ4v) is 1.24. The lowest BCUT2D eigenvalue weighted by atomic mass is 10.1. The number of carbonyl (C=O) groups excluding carboxylic acids is 1. The lowest BCUT2D eigenvalue weighted by molar-refractivity contribution is -0.153. The second-order valence-corrected chi connectivity index (χ2v) is 2.56. The van der Waals surface area contributed by atoms with Crippen molar-refractivity contribution in [1.82, 2.24) is 0 Å². The molecule has 0 aliphatic carbocycles. The monoisotopic (exact) mass is 207 g/mol. The van der Waals surface area contributed by atoms with E-state index in [1.807, 2.05) is 6.79 Å². The molecule has 0 spiro atoms. The van der Waals surface area contributed by atoms with E-state index in [2.05, 4.69) is 6.92 Å². The Balaban J connectivity index is 0. The SMILES string of the molecule is C=O.CCCC1(CN)OCCO1.CO. The van der Waals surface area contributed by atoms with E-state index in [0.717, 1.165) is 20.0 Å². The first-order chi connectivity index (χ1) is 6.83. The first-order valence-electron chi connectivity index (χ1n) is 4.54. The van der Waals surface area contributed by atoms with Crippen LogP contribution >= 0.6 is 0 Å². The Hall–Kier alpha value is -0.490. The summed E-state index contributed by atoms with van der Waals surface area (Å²) in [6.07, 6.45) is 1.96. The van der Waals surface area contributed by atoms with Crippen LogP contribution in [0.4, 0.5) is 0 Å². The van der Waals surface area contributed by atoms with Gasteiger partial charge in [0.25, 0.3) is 0 Å². The number of carbonyl (C=O) groups is 1. The van der Waals surface area contributed by atoms with Gasteiger partial charge in [0.1, 0.15) is 6.79 Å². The van der Waals surface area contributed by atoms with Crippen LogP contribution < -0.4 is 5.73 Å². The van der Waals surface area contributed by atoms with Crippen molar-refractivity contribution in [2.45, 2.75) is 25.6 Å². The highest BCUT2D eigenvalue weighted by atomic mass is 16.7. The normalized spacial score (nSPS) is 17.4. The van der Waals surface area contributed by atoms with E-state index in [0.29, 0.717) is 19.8 Å². The molecular weight excluding hydrogens is 186 g/mol. The van der Waals surface area contributed by atoms with Crippen LogP contribution in [0, 0.1) is 0 Å². The van der Waals surface area contributed by atoms with Gasteiger partial charge >= 0.3 is 0 Å². The van der Waals surface area contributed by atoms with E-state index in [-0.39, 0.29) is 0 Å². The van der Waals surface area contributed by atoms with E-state index in [4.69, 9.17) is 25.1 Å². The van der Waals surface area contributed by atoms with E-state index in [9.17, 15) is 0 Å². The summed E-state index contributed by atoms with van der Waals surface area (Å²) < 4.78 is 10.8. The maximum atomic E-state index is 8.00. The van der Waals surface area contributed by atoms with E-state index >= 15 is 0 Å². The van der Waals surface area contributed by atoms with Gasteiger partial charge in [0.2, 0.25) is 0 Å². The van der Waals surface area contributed by atoms with Crippen LogP contribution in [0.3, 0.4) is 0 Å². The molecule has 1 aliphatic heterocycles. The molecule has 1 rings (SSSR count). The first kappa shape index (κ1) is 16.0. The molecular formula is C9H21NO4. The quantitative estimate of drug-likeness (QED) is 0.676. The summed E-state index contributed by atoms with van der Waals surface area (Å²) in [4.78, 5) is 8.00. The van der Waals surface area contributed by atoms with Crippen LogP contribution in [0.1, 0.15) is 19.8 Å². The number of aliphatic hydroxyl groups is 1. The van der Waals surface area contributed by atoms with Crippen LogP contribution in [-0.4, -0.2) is 44.6 Å². The predicted molar refractivity (Wildman–Crippen MR) is 53.9 cm³/mol. The molecule has 5 nitrogen and oxygen atoms in total. The van der Waals surface area contributed by atoms with Gasteiger partial charge in [0.15, 0.2) is 5.79 Å².